The van der Waals surface area contributed by atoms with Crippen LogP contribution in [0.25, 0.3) is 0 Å². The third-order valence-electron chi connectivity index (χ3n) is 6.09. The van der Waals surface area contributed by atoms with Crippen LogP contribution in [0, 0.1) is 11.7 Å². The first kappa shape index (κ1) is 24.3. The van der Waals surface area contributed by atoms with Gasteiger partial charge in [-0.25, -0.2) is 12.8 Å². The number of hydrogen-bond acceptors (Lipinski definition) is 6. The molecule has 0 atom stereocenters. The SMILES string of the molecule is O=C(OCc1cccc(S(=O)(=O)N2CCOCC2)c1)C1CCN(C(=O)c2ccc(F)cc2)CC1. The maximum Gasteiger partial charge on any atom is 0.309 e. The van der Waals surface area contributed by atoms with Crippen LogP contribution in [0.5, 0.6) is 0 Å². The molecule has 0 radical (unpaired) electrons. The van der Waals surface area contributed by atoms with Crippen molar-refractivity contribution in [2.45, 2.75) is 24.3 Å². The van der Waals surface area contributed by atoms with E-state index in [1.807, 2.05) is 0 Å². The van der Waals surface area contributed by atoms with Gasteiger partial charge < -0.3 is 14.4 Å². The molecule has 10 heteroatoms. The fourth-order valence-corrected chi connectivity index (χ4v) is 5.58. The molecule has 8 nitrogen and oxygen atoms in total. The number of benzene rings is 2. The van der Waals surface area contributed by atoms with Crippen molar-refractivity contribution in [3.05, 3.63) is 65.5 Å². The van der Waals surface area contributed by atoms with Crippen LogP contribution in [-0.4, -0.2) is 68.9 Å². The van der Waals surface area contributed by atoms with Gasteiger partial charge in [0.05, 0.1) is 24.0 Å². The summed E-state index contributed by atoms with van der Waals surface area (Å²) in [6.45, 7) is 2.13. The number of hydrogen-bond donors (Lipinski definition) is 0. The molecule has 4 rings (SSSR count). The molecule has 2 aromatic carbocycles. The molecule has 34 heavy (non-hydrogen) atoms. The second-order valence-electron chi connectivity index (χ2n) is 8.34. The Kier molecular flexibility index (Phi) is 7.60. The van der Waals surface area contributed by atoms with Crippen molar-refractivity contribution in [2.24, 2.45) is 5.92 Å². The van der Waals surface area contributed by atoms with E-state index in [4.69, 9.17) is 9.47 Å². The number of morpholine rings is 1. The highest BCUT2D eigenvalue weighted by atomic mass is 32.2. The molecule has 0 aromatic heterocycles. The second-order valence-corrected chi connectivity index (χ2v) is 10.3. The number of halogens is 1. The average Bonchev–Trinajstić information content (AvgIpc) is 2.88. The molecule has 2 saturated heterocycles. The second kappa shape index (κ2) is 10.6. The third-order valence-corrected chi connectivity index (χ3v) is 7.99. The first-order valence-electron chi connectivity index (χ1n) is 11.2. The van der Waals surface area contributed by atoms with E-state index in [0.717, 1.165) is 0 Å². The Morgan fingerprint density at radius 2 is 1.68 bits per heavy atom. The fourth-order valence-electron chi connectivity index (χ4n) is 4.10. The molecule has 2 fully saturated rings. The van der Waals surface area contributed by atoms with Gasteiger partial charge in [-0.2, -0.15) is 4.31 Å². The highest BCUT2D eigenvalue weighted by Gasteiger charge is 2.29. The van der Waals surface area contributed by atoms with E-state index in [1.165, 1.54) is 40.7 Å². The van der Waals surface area contributed by atoms with Gasteiger partial charge in [-0.05, 0) is 54.8 Å². The van der Waals surface area contributed by atoms with Crippen molar-refractivity contribution >= 4 is 21.9 Å². The molecular weight excluding hydrogens is 463 g/mol. The van der Waals surface area contributed by atoms with Crippen LogP contribution in [0.3, 0.4) is 0 Å². The Bertz CT molecular complexity index is 1120. The molecule has 2 aliphatic rings. The number of ether oxygens (including phenoxy) is 2. The van der Waals surface area contributed by atoms with Gasteiger partial charge in [-0.1, -0.05) is 12.1 Å². The summed E-state index contributed by atoms with van der Waals surface area (Å²) in [7, 11) is -3.63. The van der Waals surface area contributed by atoms with Crippen LogP contribution in [0.2, 0.25) is 0 Å². The minimum absolute atomic E-state index is 0.0277. The lowest BCUT2D eigenvalue weighted by Crippen LogP contribution is -2.40. The first-order valence-corrected chi connectivity index (χ1v) is 12.7. The molecule has 182 valence electrons. The standard InChI is InChI=1S/C24H27FN2O6S/c25-21-6-4-19(5-7-21)23(28)26-10-8-20(9-11-26)24(29)33-17-18-2-1-3-22(16-18)34(30,31)27-12-14-32-15-13-27/h1-7,16,20H,8-15,17H2. The maximum atomic E-state index is 13.1. The highest BCUT2D eigenvalue weighted by Crippen LogP contribution is 2.22. The van der Waals surface area contributed by atoms with E-state index in [-0.39, 0.29) is 29.3 Å². The lowest BCUT2D eigenvalue weighted by Gasteiger charge is -2.31. The topological polar surface area (TPSA) is 93.2 Å². The number of carbonyl (C=O) groups is 2. The van der Waals surface area contributed by atoms with Crippen LogP contribution in [0.15, 0.2) is 53.4 Å². The number of piperidine rings is 1. The molecular formula is C24H27FN2O6S. The summed E-state index contributed by atoms with van der Waals surface area (Å²) >= 11 is 0. The van der Waals surface area contributed by atoms with Crippen molar-refractivity contribution in [1.29, 1.82) is 0 Å². The number of likely N-dealkylation sites (tertiary alicyclic amines) is 1. The maximum absolute atomic E-state index is 13.1. The summed E-state index contributed by atoms with van der Waals surface area (Å²) in [4.78, 5) is 26.9. The first-order chi connectivity index (χ1) is 16.3. The molecule has 0 bridgehead atoms. The predicted molar refractivity (Wildman–Crippen MR) is 121 cm³/mol. The molecule has 1 amide bonds. The van der Waals surface area contributed by atoms with E-state index in [1.54, 1.807) is 17.0 Å². The van der Waals surface area contributed by atoms with Gasteiger partial charge in [0.25, 0.3) is 5.91 Å². The minimum Gasteiger partial charge on any atom is -0.461 e. The summed E-state index contributed by atoms with van der Waals surface area (Å²) in [6, 6.07) is 11.8. The van der Waals surface area contributed by atoms with Gasteiger partial charge in [-0.3, -0.25) is 9.59 Å². The molecule has 0 aliphatic carbocycles. The zero-order valence-electron chi connectivity index (χ0n) is 18.7. The monoisotopic (exact) mass is 490 g/mol. The summed E-state index contributed by atoms with van der Waals surface area (Å²) < 4.78 is 50.8. The fraction of sp³-hybridized carbons (Fsp3) is 0.417. The number of sulfonamides is 1. The van der Waals surface area contributed by atoms with Gasteiger partial charge in [0.1, 0.15) is 12.4 Å². The van der Waals surface area contributed by atoms with Crippen LogP contribution < -0.4 is 0 Å². The Hall–Kier alpha value is -2.82. The van der Waals surface area contributed by atoms with E-state index >= 15 is 0 Å². The lowest BCUT2D eigenvalue weighted by molar-refractivity contribution is -0.151. The number of esters is 1. The van der Waals surface area contributed by atoms with Gasteiger partial charge >= 0.3 is 5.97 Å². The number of rotatable bonds is 6. The molecule has 0 N–H and O–H groups in total. The molecule has 2 aromatic rings. The zero-order valence-corrected chi connectivity index (χ0v) is 19.5. The Labute approximate surface area is 198 Å². The third kappa shape index (κ3) is 5.63. The molecule has 0 saturated carbocycles. The summed E-state index contributed by atoms with van der Waals surface area (Å²) in [5.74, 6) is -1.29. The van der Waals surface area contributed by atoms with E-state index < -0.39 is 15.8 Å². The zero-order chi connectivity index (χ0) is 24.1. The lowest BCUT2D eigenvalue weighted by atomic mass is 9.96. The Balaban J connectivity index is 1.29. The summed E-state index contributed by atoms with van der Waals surface area (Å²) in [5, 5.41) is 0. The van der Waals surface area contributed by atoms with Crippen molar-refractivity contribution in [2.75, 3.05) is 39.4 Å². The van der Waals surface area contributed by atoms with Gasteiger partial charge in [0, 0.05) is 31.7 Å². The number of amides is 1. The molecule has 0 unspecified atom stereocenters. The summed E-state index contributed by atoms with van der Waals surface area (Å²) in [5.41, 5.74) is 1.00. The average molecular weight is 491 g/mol. The van der Waals surface area contributed by atoms with Crippen LogP contribution in [-0.2, 0) is 30.9 Å². The number of nitrogens with zero attached hydrogens (tertiary/aromatic N) is 2. The predicted octanol–water partition coefficient (Wildman–Crippen LogP) is 2.44. The van der Waals surface area contributed by atoms with Crippen LogP contribution in [0.4, 0.5) is 4.39 Å². The molecule has 2 heterocycles. The van der Waals surface area contributed by atoms with E-state index in [0.29, 0.717) is 63.4 Å². The van der Waals surface area contributed by atoms with Gasteiger partial charge in [-0.15, -0.1) is 0 Å². The van der Waals surface area contributed by atoms with Crippen molar-refractivity contribution in [1.82, 2.24) is 9.21 Å². The normalized spacial score (nSPS) is 18.0. The van der Waals surface area contributed by atoms with Crippen molar-refractivity contribution in [3.8, 4) is 0 Å². The van der Waals surface area contributed by atoms with Gasteiger partial charge in [0.15, 0.2) is 0 Å². The van der Waals surface area contributed by atoms with Crippen molar-refractivity contribution < 1.29 is 31.9 Å². The summed E-state index contributed by atoms with van der Waals surface area (Å²) in [6.07, 6.45) is 0.939. The van der Waals surface area contributed by atoms with Gasteiger partial charge in [0.2, 0.25) is 10.0 Å². The quantitative estimate of drug-likeness (QED) is 0.578. The van der Waals surface area contributed by atoms with Crippen LogP contribution >= 0.6 is 0 Å². The Morgan fingerprint density at radius 3 is 2.35 bits per heavy atom. The highest BCUT2D eigenvalue weighted by molar-refractivity contribution is 7.89. The molecule has 0 spiro atoms. The molecule has 2 aliphatic heterocycles. The van der Waals surface area contributed by atoms with E-state index in [9.17, 15) is 22.4 Å². The van der Waals surface area contributed by atoms with E-state index in [2.05, 4.69) is 0 Å². The van der Waals surface area contributed by atoms with Crippen molar-refractivity contribution in [3.63, 3.8) is 0 Å². The smallest absolute Gasteiger partial charge is 0.309 e. The number of carbonyl (C=O) groups excluding carboxylic acids is 2. The largest absolute Gasteiger partial charge is 0.461 e. The van der Waals surface area contributed by atoms with Crippen LogP contribution in [0.1, 0.15) is 28.8 Å². The minimum atomic E-state index is -3.63. The Morgan fingerprint density at radius 1 is 1.00 bits per heavy atom.